The second-order valence-corrected chi connectivity index (χ2v) is 20.6. The molecule has 0 bridgehead atoms. The van der Waals surface area contributed by atoms with Crippen LogP contribution in [0.25, 0.3) is 0 Å². The monoisotopic (exact) mass is 1040 g/mol. The fourth-order valence-corrected chi connectivity index (χ4v) is 8.76. The highest BCUT2D eigenvalue weighted by atomic mass is 16.3. The standard InChI is InChI=1S/C55H96N10O9/c1-7-8-9-10-11-12-13-14-15-16-17-18-22-29-48(71)64-50(40(6)67)53(74)65-49(37(2)3)47(70)35-42(34-41-26-20-19-21-27-41)52(73)62-43(28-24-31-61-55(58)59)46(69)33-39(5)51(72)63-44(36-66)45(68)32-38(4)25-23-30-60-54(56)57/h19-21,26-27,37-40,42-44,49-50,66-67H,7-18,22-25,28-36H2,1-6H3,(H,62,73)(H,63,72)(H,64,71)(H,65,74)(H4,56,57,60)(H4,58,59,61)/t38-,39-,40-,42-,43+,44+,49+,50+/m1/s1. The molecule has 0 radical (unpaired) electrons. The second kappa shape index (κ2) is 39.0. The van der Waals surface area contributed by atoms with Crippen molar-refractivity contribution in [3.05, 3.63) is 35.9 Å². The summed E-state index contributed by atoms with van der Waals surface area (Å²) in [5.74, 6) is -6.41. The molecule has 0 heterocycles. The van der Waals surface area contributed by atoms with E-state index in [1.165, 1.54) is 71.6 Å². The number of guanidine groups is 2. The summed E-state index contributed by atoms with van der Waals surface area (Å²) in [7, 11) is 0. The van der Waals surface area contributed by atoms with Crippen molar-refractivity contribution >= 4 is 52.9 Å². The lowest BCUT2D eigenvalue weighted by Crippen LogP contribution is -2.57. The van der Waals surface area contributed by atoms with E-state index in [4.69, 9.17) is 22.9 Å². The maximum atomic E-state index is 14.4. The molecule has 74 heavy (non-hydrogen) atoms. The number of ketones is 3. The van der Waals surface area contributed by atoms with E-state index in [1.54, 1.807) is 38.1 Å². The SMILES string of the molecule is CCCCCCCCCCCCCCCC(=O)N[C@H](C(=O)N[C@H](C(=O)C[C@@H](Cc1ccccc1)C(=O)N[C@@H](CCCN=C(N)N)C(=O)C[C@@H](C)C(=O)N[C@@H](CO)C(=O)C[C@H](C)CCCN=C(N)N)C(C)C)[C@@H](C)O. The number of aliphatic hydroxyl groups is 2. The molecule has 4 amide bonds. The van der Waals surface area contributed by atoms with Gasteiger partial charge in [-0.1, -0.05) is 142 Å². The van der Waals surface area contributed by atoms with Gasteiger partial charge in [-0.05, 0) is 62.8 Å². The number of Topliss-reactive ketones (excluding diaryl/α,β-unsaturated/α-hetero) is 3. The van der Waals surface area contributed by atoms with Gasteiger partial charge < -0.3 is 54.4 Å². The number of aliphatic hydroxyl groups excluding tert-OH is 2. The van der Waals surface area contributed by atoms with Crippen LogP contribution in [0.5, 0.6) is 0 Å². The zero-order chi connectivity index (χ0) is 55.4. The molecule has 420 valence electrons. The molecular formula is C55H96N10O9. The van der Waals surface area contributed by atoms with Crippen LogP contribution in [0.3, 0.4) is 0 Å². The predicted octanol–water partition coefficient (Wildman–Crippen LogP) is 4.55. The molecule has 0 unspecified atom stereocenters. The molecule has 0 spiro atoms. The Morgan fingerprint density at radius 2 is 1.07 bits per heavy atom. The van der Waals surface area contributed by atoms with Crippen LogP contribution in [0, 0.1) is 23.7 Å². The Morgan fingerprint density at radius 1 is 0.554 bits per heavy atom. The van der Waals surface area contributed by atoms with Gasteiger partial charge in [0.05, 0.1) is 24.8 Å². The molecule has 1 aromatic rings. The largest absolute Gasteiger partial charge is 0.394 e. The molecule has 0 saturated carbocycles. The van der Waals surface area contributed by atoms with Crippen LogP contribution in [0.1, 0.15) is 182 Å². The Labute approximate surface area is 441 Å². The summed E-state index contributed by atoms with van der Waals surface area (Å²) in [6, 6.07) is 4.26. The Morgan fingerprint density at radius 3 is 1.58 bits per heavy atom. The van der Waals surface area contributed by atoms with Gasteiger partial charge in [0.2, 0.25) is 23.6 Å². The van der Waals surface area contributed by atoms with E-state index in [2.05, 4.69) is 38.2 Å². The maximum absolute atomic E-state index is 14.4. The van der Waals surface area contributed by atoms with Gasteiger partial charge in [0, 0.05) is 50.6 Å². The van der Waals surface area contributed by atoms with E-state index in [9.17, 15) is 43.8 Å². The summed E-state index contributed by atoms with van der Waals surface area (Å²) in [4.78, 5) is 104. The van der Waals surface area contributed by atoms with Gasteiger partial charge >= 0.3 is 0 Å². The lowest BCUT2D eigenvalue weighted by Gasteiger charge is -2.28. The zero-order valence-corrected chi connectivity index (χ0v) is 45.7. The van der Waals surface area contributed by atoms with Crippen molar-refractivity contribution in [3.63, 3.8) is 0 Å². The molecule has 0 aliphatic carbocycles. The van der Waals surface area contributed by atoms with Crippen molar-refractivity contribution in [1.29, 1.82) is 0 Å². The lowest BCUT2D eigenvalue weighted by atomic mass is 9.87. The minimum absolute atomic E-state index is 0.0232. The number of aliphatic imine (C=N–C) groups is 2. The van der Waals surface area contributed by atoms with Crippen LogP contribution >= 0.6 is 0 Å². The van der Waals surface area contributed by atoms with Crippen LogP contribution < -0.4 is 44.2 Å². The molecule has 1 rings (SSSR count). The summed E-state index contributed by atoms with van der Waals surface area (Å²) in [6.45, 7) is 10.4. The summed E-state index contributed by atoms with van der Waals surface area (Å²) >= 11 is 0. The number of rotatable bonds is 43. The van der Waals surface area contributed by atoms with Crippen molar-refractivity contribution in [2.24, 2.45) is 56.6 Å². The first-order valence-corrected chi connectivity index (χ1v) is 27.4. The summed E-state index contributed by atoms with van der Waals surface area (Å²) in [6.07, 6.45) is 15.2. The Bertz CT molecular complexity index is 1870. The molecule has 0 aliphatic heterocycles. The first kappa shape index (κ1) is 66.6. The highest BCUT2D eigenvalue weighted by Crippen LogP contribution is 2.20. The number of hydrogen-bond acceptors (Lipinski definition) is 11. The quantitative estimate of drug-likeness (QED) is 0.0244. The van der Waals surface area contributed by atoms with Crippen LogP contribution in [0.4, 0.5) is 0 Å². The summed E-state index contributed by atoms with van der Waals surface area (Å²) < 4.78 is 0. The molecule has 19 heteroatoms. The zero-order valence-electron chi connectivity index (χ0n) is 45.7. The second-order valence-electron chi connectivity index (χ2n) is 20.6. The van der Waals surface area contributed by atoms with Gasteiger partial charge in [0.25, 0.3) is 0 Å². The minimum Gasteiger partial charge on any atom is -0.394 e. The van der Waals surface area contributed by atoms with Crippen LogP contribution in [-0.4, -0.2) is 113 Å². The van der Waals surface area contributed by atoms with Gasteiger partial charge in [0.15, 0.2) is 29.3 Å². The average molecular weight is 1040 g/mol. The maximum Gasteiger partial charge on any atom is 0.245 e. The summed E-state index contributed by atoms with van der Waals surface area (Å²) in [5.41, 5.74) is 22.5. The highest BCUT2D eigenvalue weighted by molar-refractivity contribution is 5.97. The molecular weight excluding hydrogens is 945 g/mol. The molecule has 19 nitrogen and oxygen atoms in total. The molecule has 0 aliphatic rings. The van der Waals surface area contributed by atoms with E-state index < -0.39 is 83.9 Å². The number of benzene rings is 1. The first-order valence-electron chi connectivity index (χ1n) is 27.4. The van der Waals surface area contributed by atoms with Crippen molar-refractivity contribution < 1.29 is 43.8 Å². The molecule has 0 fully saturated rings. The topological polar surface area (TPSA) is 337 Å². The van der Waals surface area contributed by atoms with Gasteiger partial charge in [-0.3, -0.25) is 43.5 Å². The van der Waals surface area contributed by atoms with E-state index in [0.717, 1.165) is 24.8 Å². The van der Waals surface area contributed by atoms with Crippen LogP contribution in [-0.2, 0) is 40.0 Å². The Hall–Kier alpha value is -5.43. The van der Waals surface area contributed by atoms with E-state index in [1.807, 2.05) is 13.0 Å². The third kappa shape index (κ3) is 30.1. The number of carbonyl (C=O) groups excluding carboxylic acids is 7. The molecule has 1 aromatic carbocycles. The smallest absolute Gasteiger partial charge is 0.245 e. The van der Waals surface area contributed by atoms with Gasteiger partial charge in [-0.15, -0.1) is 0 Å². The van der Waals surface area contributed by atoms with Crippen molar-refractivity contribution in [2.75, 3.05) is 19.7 Å². The Kier molecular flexibility index (Phi) is 35.1. The lowest BCUT2D eigenvalue weighted by molar-refractivity contribution is -0.136. The number of unbranched alkanes of at least 4 members (excludes halogenated alkanes) is 12. The number of nitrogens with one attached hydrogen (secondary N) is 4. The number of nitrogens with two attached hydrogens (primary N) is 4. The Balaban J connectivity index is 3.10. The van der Waals surface area contributed by atoms with Crippen LogP contribution in [0.2, 0.25) is 0 Å². The molecule has 0 aromatic heterocycles. The fraction of sp³-hybridized carbons (Fsp3) is 0.727. The van der Waals surface area contributed by atoms with E-state index >= 15 is 0 Å². The normalized spacial score (nSPS) is 14.5. The van der Waals surface area contributed by atoms with Crippen molar-refractivity contribution in [3.8, 4) is 0 Å². The molecule has 14 N–H and O–H groups in total. The first-order chi connectivity index (χ1) is 35.2. The number of carbonyl (C=O) groups is 7. The molecule has 0 saturated heterocycles. The van der Waals surface area contributed by atoms with Crippen LogP contribution in [0.15, 0.2) is 40.3 Å². The predicted molar refractivity (Wildman–Crippen MR) is 292 cm³/mol. The third-order valence-electron chi connectivity index (χ3n) is 13.2. The summed E-state index contributed by atoms with van der Waals surface area (Å²) in [5, 5.41) is 31.5. The number of amides is 4. The minimum atomic E-state index is -1.32. The number of nitrogens with zero attached hydrogens (tertiary/aromatic N) is 2. The van der Waals surface area contributed by atoms with Gasteiger partial charge in [-0.25, -0.2) is 0 Å². The van der Waals surface area contributed by atoms with Gasteiger partial charge in [0.1, 0.15) is 12.1 Å². The average Bonchev–Trinajstić information content (AvgIpc) is 3.34. The van der Waals surface area contributed by atoms with E-state index in [0.29, 0.717) is 25.8 Å². The highest BCUT2D eigenvalue weighted by Gasteiger charge is 2.35. The van der Waals surface area contributed by atoms with Crippen molar-refractivity contribution in [2.45, 2.75) is 213 Å². The molecule has 8 atom stereocenters. The van der Waals surface area contributed by atoms with E-state index in [-0.39, 0.29) is 81.0 Å². The third-order valence-corrected chi connectivity index (χ3v) is 13.2. The number of hydrogen-bond donors (Lipinski definition) is 10. The van der Waals surface area contributed by atoms with Gasteiger partial charge in [-0.2, -0.15) is 0 Å². The fourth-order valence-electron chi connectivity index (χ4n) is 8.76. The van der Waals surface area contributed by atoms with Crippen molar-refractivity contribution in [1.82, 2.24) is 21.3 Å².